The van der Waals surface area contributed by atoms with Gasteiger partial charge in [-0.2, -0.15) is 0 Å². The molecule has 1 aromatic heterocycles. The van der Waals surface area contributed by atoms with Crippen LogP contribution in [0.3, 0.4) is 0 Å². The van der Waals surface area contributed by atoms with Crippen molar-refractivity contribution in [1.29, 1.82) is 0 Å². The average Bonchev–Trinajstić information content (AvgIpc) is 3.13. The minimum Gasteiger partial charge on any atom is -0.495 e. The van der Waals surface area contributed by atoms with Crippen LogP contribution in [0, 0.1) is 0 Å². The fourth-order valence-corrected chi connectivity index (χ4v) is 2.77. The van der Waals surface area contributed by atoms with Gasteiger partial charge >= 0.3 is 0 Å². The van der Waals surface area contributed by atoms with E-state index in [-0.39, 0.29) is 5.69 Å². The molecular weight excluding hydrogens is 379 g/mol. The molecule has 1 heterocycles. The number of amides is 1. The lowest BCUT2D eigenvalue weighted by molar-refractivity contribution is 0.101. The predicted octanol–water partition coefficient (Wildman–Crippen LogP) is 4.92. The van der Waals surface area contributed by atoms with E-state index in [9.17, 15) is 4.79 Å². The number of hydrogen-bond acceptors (Lipinski definition) is 5. The molecule has 0 aliphatic carbocycles. The molecule has 0 saturated carbocycles. The summed E-state index contributed by atoms with van der Waals surface area (Å²) in [6, 6.07) is 11.7. The first-order chi connectivity index (χ1) is 12.5. The molecule has 6 nitrogen and oxygen atoms in total. The molecule has 0 aliphatic heterocycles. The second-order valence-electron chi connectivity index (χ2n) is 5.20. The van der Waals surface area contributed by atoms with Gasteiger partial charge in [0.2, 0.25) is 0 Å². The highest BCUT2D eigenvalue weighted by Gasteiger charge is 2.18. The zero-order valence-corrected chi connectivity index (χ0v) is 15.4. The molecule has 0 fully saturated rings. The summed E-state index contributed by atoms with van der Waals surface area (Å²) in [6.07, 6.45) is 0. The van der Waals surface area contributed by atoms with Crippen molar-refractivity contribution in [3.05, 3.63) is 58.2 Å². The van der Waals surface area contributed by atoms with E-state index in [4.69, 9.17) is 37.2 Å². The lowest BCUT2D eigenvalue weighted by Gasteiger charge is -2.12. The number of methoxy groups -OCH3 is 2. The van der Waals surface area contributed by atoms with Gasteiger partial charge in [-0.25, -0.2) is 0 Å². The molecule has 1 amide bonds. The van der Waals surface area contributed by atoms with Gasteiger partial charge in [0.1, 0.15) is 11.5 Å². The van der Waals surface area contributed by atoms with Gasteiger partial charge in [-0.3, -0.25) is 4.79 Å². The molecule has 2 aromatic carbocycles. The van der Waals surface area contributed by atoms with Crippen LogP contribution >= 0.6 is 23.2 Å². The van der Waals surface area contributed by atoms with Crippen LogP contribution < -0.4 is 14.8 Å². The molecule has 26 heavy (non-hydrogen) atoms. The van der Waals surface area contributed by atoms with Gasteiger partial charge in [-0.15, -0.1) is 0 Å². The molecule has 0 saturated heterocycles. The third-order valence-electron chi connectivity index (χ3n) is 3.60. The van der Waals surface area contributed by atoms with E-state index >= 15 is 0 Å². The highest BCUT2D eigenvalue weighted by Crippen LogP contribution is 2.36. The number of aromatic nitrogens is 1. The predicted molar refractivity (Wildman–Crippen MR) is 99.5 cm³/mol. The van der Waals surface area contributed by atoms with Crippen molar-refractivity contribution < 1.29 is 18.8 Å². The van der Waals surface area contributed by atoms with Gasteiger partial charge in [0.15, 0.2) is 11.5 Å². The van der Waals surface area contributed by atoms with Crippen molar-refractivity contribution in [2.75, 3.05) is 19.5 Å². The van der Waals surface area contributed by atoms with Crippen LogP contribution in [0.2, 0.25) is 10.0 Å². The van der Waals surface area contributed by atoms with Crippen LogP contribution in [0.4, 0.5) is 5.69 Å². The molecule has 1 N–H and O–H groups in total. The number of nitrogens with one attached hydrogen (secondary N) is 1. The molecule has 3 rings (SSSR count). The summed E-state index contributed by atoms with van der Waals surface area (Å²) >= 11 is 12.2. The van der Waals surface area contributed by atoms with E-state index < -0.39 is 5.91 Å². The van der Waals surface area contributed by atoms with E-state index in [1.807, 2.05) is 6.07 Å². The lowest BCUT2D eigenvalue weighted by atomic mass is 10.1. The summed E-state index contributed by atoms with van der Waals surface area (Å²) < 4.78 is 15.6. The van der Waals surface area contributed by atoms with Gasteiger partial charge in [-0.05, 0) is 12.1 Å². The quantitative estimate of drug-likeness (QED) is 0.666. The zero-order valence-electron chi connectivity index (χ0n) is 13.9. The van der Waals surface area contributed by atoms with Gasteiger partial charge in [0.05, 0.1) is 30.0 Å². The van der Waals surface area contributed by atoms with Crippen LogP contribution in [0.1, 0.15) is 10.5 Å². The largest absolute Gasteiger partial charge is 0.495 e. The number of carbonyl (C=O) groups is 1. The standard InChI is InChI=1S/C18H14Cl2N2O4/c1-24-16-8-13(17(25-2)7-12(16)20)21-18(23)14-9-15(26-22-14)10-5-3-4-6-11(10)19/h3-9H,1-2H3,(H,21,23). The summed E-state index contributed by atoms with van der Waals surface area (Å²) in [4.78, 5) is 12.5. The van der Waals surface area contributed by atoms with E-state index in [1.165, 1.54) is 20.3 Å². The second kappa shape index (κ2) is 7.68. The molecule has 3 aromatic rings. The van der Waals surface area contributed by atoms with E-state index in [0.717, 1.165) is 0 Å². The van der Waals surface area contributed by atoms with Crippen LogP contribution in [0.5, 0.6) is 11.5 Å². The van der Waals surface area contributed by atoms with Crippen LogP contribution in [-0.2, 0) is 0 Å². The summed E-state index contributed by atoms with van der Waals surface area (Å²) in [5.74, 6) is 0.703. The number of carbonyl (C=O) groups excluding carboxylic acids is 1. The Labute approximate surface area is 159 Å². The maximum atomic E-state index is 12.5. The third-order valence-corrected chi connectivity index (χ3v) is 4.23. The van der Waals surface area contributed by atoms with Crippen molar-refractivity contribution in [3.63, 3.8) is 0 Å². The number of rotatable bonds is 5. The minimum atomic E-state index is -0.477. The summed E-state index contributed by atoms with van der Waals surface area (Å²) in [6.45, 7) is 0. The van der Waals surface area contributed by atoms with Gasteiger partial charge in [0, 0.05) is 23.8 Å². The summed E-state index contributed by atoms with van der Waals surface area (Å²) in [7, 11) is 2.95. The molecule has 0 radical (unpaired) electrons. The van der Waals surface area contributed by atoms with Crippen molar-refractivity contribution >= 4 is 34.8 Å². The third kappa shape index (κ3) is 3.61. The Morgan fingerprint density at radius 1 is 1.04 bits per heavy atom. The highest BCUT2D eigenvalue weighted by molar-refractivity contribution is 6.33. The molecule has 0 unspecified atom stereocenters. The molecule has 0 bridgehead atoms. The van der Waals surface area contributed by atoms with Gasteiger partial charge in [-0.1, -0.05) is 40.5 Å². The van der Waals surface area contributed by atoms with Crippen molar-refractivity contribution in [3.8, 4) is 22.8 Å². The summed E-state index contributed by atoms with van der Waals surface area (Å²) in [5, 5.41) is 7.37. The first-order valence-electron chi connectivity index (χ1n) is 7.48. The molecule has 0 atom stereocenters. The van der Waals surface area contributed by atoms with Crippen molar-refractivity contribution in [2.24, 2.45) is 0 Å². The van der Waals surface area contributed by atoms with Crippen LogP contribution in [-0.4, -0.2) is 25.3 Å². The van der Waals surface area contributed by atoms with Gasteiger partial charge < -0.3 is 19.3 Å². The number of anilines is 1. The van der Waals surface area contributed by atoms with Crippen LogP contribution in [0.25, 0.3) is 11.3 Å². The Morgan fingerprint density at radius 2 is 1.77 bits per heavy atom. The Bertz CT molecular complexity index is 956. The van der Waals surface area contributed by atoms with Gasteiger partial charge in [0.25, 0.3) is 5.91 Å². The second-order valence-corrected chi connectivity index (χ2v) is 6.01. The SMILES string of the molecule is COc1cc(NC(=O)c2cc(-c3ccccc3Cl)on2)c(OC)cc1Cl. The first-order valence-corrected chi connectivity index (χ1v) is 8.23. The number of benzene rings is 2. The molecular formula is C18H14Cl2N2O4. The molecule has 0 aliphatic rings. The maximum absolute atomic E-state index is 12.5. The minimum absolute atomic E-state index is 0.0934. The Hall–Kier alpha value is -2.70. The number of hydrogen-bond donors (Lipinski definition) is 1. The zero-order chi connectivity index (χ0) is 18.7. The molecule has 134 valence electrons. The average molecular weight is 393 g/mol. The van der Waals surface area contributed by atoms with E-state index in [1.54, 1.807) is 30.3 Å². The van der Waals surface area contributed by atoms with Crippen LogP contribution in [0.15, 0.2) is 47.0 Å². The molecule has 8 heteroatoms. The number of halogens is 2. The lowest BCUT2D eigenvalue weighted by Crippen LogP contribution is -2.13. The normalized spacial score (nSPS) is 10.5. The summed E-state index contributed by atoms with van der Waals surface area (Å²) in [5.41, 5.74) is 1.13. The smallest absolute Gasteiger partial charge is 0.277 e. The topological polar surface area (TPSA) is 73.6 Å². The molecule has 0 spiro atoms. The fraction of sp³-hybridized carbons (Fsp3) is 0.111. The van der Waals surface area contributed by atoms with E-state index in [2.05, 4.69) is 10.5 Å². The fourth-order valence-electron chi connectivity index (χ4n) is 2.31. The first kappa shape index (κ1) is 18.1. The van der Waals surface area contributed by atoms with Crippen molar-refractivity contribution in [2.45, 2.75) is 0 Å². The number of ether oxygens (including phenoxy) is 2. The monoisotopic (exact) mass is 392 g/mol. The Balaban J connectivity index is 1.87. The highest BCUT2D eigenvalue weighted by atomic mass is 35.5. The maximum Gasteiger partial charge on any atom is 0.277 e. The van der Waals surface area contributed by atoms with E-state index in [0.29, 0.717) is 38.6 Å². The Morgan fingerprint density at radius 3 is 2.46 bits per heavy atom. The Kier molecular flexibility index (Phi) is 5.35. The number of nitrogens with zero attached hydrogens (tertiary/aromatic N) is 1. The van der Waals surface area contributed by atoms with Crippen molar-refractivity contribution in [1.82, 2.24) is 5.16 Å².